The maximum Gasteiger partial charge on any atom is 0.253 e. The Morgan fingerprint density at radius 3 is 2.46 bits per heavy atom. The fourth-order valence-electron chi connectivity index (χ4n) is 3.37. The van der Waals surface area contributed by atoms with Crippen LogP contribution in [-0.4, -0.2) is 35.8 Å². The Kier molecular flexibility index (Phi) is 3.76. The van der Waals surface area contributed by atoms with E-state index < -0.39 is 0 Å². The third-order valence-electron chi connectivity index (χ3n) is 4.77. The van der Waals surface area contributed by atoms with Gasteiger partial charge in [-0.3, -0.25) is 4.79 Å². The monoisotopic (exact) mass is 325 g/mol. The minimum absolute atomic E-state index is 0.0393. The molecule has 1 saturated heterocycles. The van der Waals surface area contributed by atoms with Gasteiger partial charge in [-0.1, -0.05) is 12.1 Å². The number of phenols is 1. The van der Waals surface area contributed by atoms with Crippen molar-refractivity contribution in [2.75, 3.05) is 19.9 Å². The van der Waals surface area contributed by atoms with E-state index in [1.807, 2.05) is 17.0 Å². The minimum atomic E-state index is 0.0393. The molecule has 0 saturated carbocycles. The van der Waals surface area contributed by atoms with Crippen LogP contribution in [0.15, 0.2) is 42.5 Å². The van der Waals surface area contributed by atoms with E-state index in [0.29, 0.717) is 23.0 Å². The van der Waals surface area contributed by atoms with Crippen LogP contribution in [0.3, 0.4) is 0 Å². The smallest absolute Gasteiger partial charge is 0.253 e. The number of hydrogen-bond acceptors (Lipinski definition) is 4. The molecular formula is C19H19NO4. The van der Waals surface area contributed by atoms with Crippen LogP contribution < -0.4 is 9.47 Å². The fraction of sp³-hybridized carbons (Fsp3) is 0.316. The first-order valence-electron chi connectivity index (χ1n) is 8.18. The number of rotatable bonds is 2. The van der Waals surface area contributed by atoms with Crippen molar-refractivity contribution in [1.29, 1.82) is 0 Å². The predicted octanol–water partition coefficient (Wildman–Crippen LogP) is 3.14. The average Bonchev–Trinajstić information content (AvgIpc) is 3.09. The molecular weight excluding hydrogens is 306 g/mol. The summed E-state index contributed by atoms with van der Waals surface area (Å²) >= 11 is 0. The van der Waals surface area contributed by atoms with Gasteiger partial charge in [0.1, 0.15) is 5.75 Å². The van der Waals surface area contributed by atoms with E-state index in [-0.39, 0.29) is 18.4 Å². The van der Waals surface area contributed by atoms with Gasteiger partial charge in [0, 0.05) is 18.7 Å². The van der Waals surface area contributed by atoms with Gasteiger partial charge in [0.2, 0.25) is 6.79 Å². The molecule has 0 bridgehead atoms. The summed E-state index contributed by atoms with van der Waals surface area (Å²) in [5.74, 6) is 2.09. The van der Waals surface area contributed by atoms with E-state index in [9.17, 15) is 9.90 Å². The molecule has 0 aliphatic carbocycles. The minimum Gasteiger partial charge on any atom is -0.508 e. The molecule has 2 aliphatic rings. The van der Waals surface area contributed by atoms with Crippen LogP contribution in [0, 0.1) is 0 Å². The molecule has 5 heteroatoms. The molecule has 0 aromatic heterocycles. The molecule has 0 atom stereocenters. The first-order chi connectivity index (χ1) is 11.7. The highest BCUT2D eigenvalue weighted by Crippen LogP contribution is 2.34. The SMILES string of the molecule is O=C(c1ccc2c(c1)OCO2)N1CCC(c2ccc(O)cc2)CC1. The molecule has 2 aliphatic heterocycles. The average molecular weight is 325 g/mol. The van der Waals surface area contributed by atoms with E-state index in [0.717, 1.165) is 25.9 Å². The molecule has 0 unspecified atom stereocenters. The molecule has 2 heterocycles. The first-order valence-corrected chi connectivity index (χ1v) is 8.18. The van der Waals surface area contributed by atoms with Gasteiger partial charge in [0.25, 0.3) is 5.91 Å². The molecule has 2 aromatic rings. The van der Waals surface area contributed by atoms with E-state index >= 15 is 0 Å². The second kappa shape index (κ2) is 6.07. The summed E-state index contributed by atoms with van der Waals surface area (Å²) in [5.41, 5.74) is 1.87. The van der Waals surface area contributed by atoms with Gasteiger partial charge in [0.05, 0.1) is 0 Å². The lowest BCUT2D eigenvalue weighted by Gasteiger charge is -2.32. The number of fused-ring (bicyclic) bond motifs is 1. The summed E-state index contributed by atoms with van der Waals surface area (Å²) in [6.07, 6.45) is 1.86. The Morgan fingerprint density at radius 1 is 1.00 bits per heavy atom. The second-order valence-electron chi connectivity index (χ2n) is 6.23. The Bertz CT molecular complexity index is 748. The van der Waals surface area contributed by atoms with Crippen molar-refractivity contribution in [3.63, 3.8) is 0 Å². The van der Waals surface area contributed by atoms with Crippen molar-refractivity contribution in [3.8, 4) is 17.2 Å². The number of likely N-dealkylation sites (tertiary alicyclic amines) is 1. The second-order valence-corrected chi connectivity index (χ2v) is 6.23. The zero-order chi connectivity index (χ0) is 16.5. The van der Waals surface area contributed by atoms with Crippen LogP contribution in [0.4, 0.5) is 0 Å². The summed E-state index contributed by atoms with van der Waals surface area (Å²) in [7, 11) is 0. The zero-order valence-corrected chi connectivity index (χ0v) is 13.3. The predicted molar refractivity (Wildman–Crippen MR) is 88.6 cm³/mol. The van der Waals surface area contributed by atoms with Gasteiger partial charge in [0.15, 0.2) is 11.5 Å². The lowest BCUT2D eigenvalue weighted by Crippen LogP contribution is -2.37. The Morgan fingerprint density at radius 2 is 1.71 bits per heavy atom. The number of benzene rings is 2. The van der Waals surface area contributed by atoms with E-state index in [4.69, 9.17) is 9.47 Å². The molecule has 1 amide bonds. The van der Waals surface area contributed by atoms with E-state index in [2.05, 4.69) is 0 Å². The summed E-state index contributed by atoms with van der Waals surface area (Å²) in [5, 5.41) is 9.39. The van der Waals surface area contributed by atoms with Crippen LogP contribution >= 0.6 is 0 Å². The molecule has 4 rings (SSSR count). The standard InChI is InChI=1S/C19H19NO4/c21-16-4-1-13(2-5-16)14-7-9-20(10-8-14)19(22)15-3-6-17-18(11-15)24-12-23-17/h1-6,11,14,21H,7-10,12H2. The number of carbonyl (C=O) groups excluding carboxylic acids is 1. The quantitative estimate of drug-likeness (QED) is 0.921. The Hall–Kier alpha value is -2.69. The van der Waals surface area contributed by atoms with Crippen LogP contribution in [-0.2, 0) is 0 Å². The molecule has 124 valence electrons. The zero-order valence-electron chi connectivity index (χ0n) is 13.3. The van der Waals surface area contributed by atoms with Gasteiger partial charge in [-0.2, -0.15) is 0 Å². The molecule has 2 aromatic carbocycles. The van der Waals surface area contributed by atoms with Crippen molar-refractivity contribution in [3.05, 3.63) is 53.6 Å². The lowest BCUT2D eigenvalue weighted by molar-refractivity contribution is 0.0712. The number of carbonyl (C=O) groups is 1. The highest BCUT2D eigenvalue weighted by Gasteiger charge is 2.25. The van der Waals surface area contributed by atoms with Gasteiger partial charge >= 0.3 is 0 Å². The van der Waals surface area contributed by atoms with Crippen molar-refractivity contribution in [2.45, 2.75) is 18.8 Å². The molecule has 1 N–H and O–H groups in total. The first kappa shape index (κ1) is 14.9. The fourth-order valence-corrected chi connectivity index (χ4v) is 3.37. The van der Waals surface area contributed by atoms with Crippen LogP contribution in [0.5, 0.6) is 17.2 Å². The molecule has 24 heavy (non-hydrogen) atoms. The third kappa shape index (κ3) is 2.77. The number of ether oxygens (including phenoxy) is 2. The normalized spacial score (nSPS) is 17.1. The van der Waals surface area contributed by atoms with Crippen molar-refractivity contribution in [1.82, 2.24) is 4.90 Å². The maximum atomic E-state index is 12.7. The van der Waals surface area contributed by atoms with Crippen molar-refractivity contribution in [2.24, 2.45) is 0 Å². The maximum absolute atomic E-state index is 12.7. The molecule has 0 radical (unpaired) electrons. The van der Waals surface area contributed by atoms with E-state index in [1.165, 1.54) is 5.56 Å². The highest BCUT2D eigenvalue weighted by atomic mass is 16.7. The van der Waals surface area contributed by atoms with Crippen LogP contribution in [0.25, 0.3) is 0 Å². The van der Waals surface area contributed by atoms with Crippen LogP contribution in [0.2, 0.25) is 0 Å². The third-order valence-corrected chi connectivity index (χ3v) is 4.77. The van der Waals surface area contributed by atoms with Gasteiger partial charge in [-0.05, 0) is 54.7 Å². The number of nitrogens with zero attached hydrogens (tertiary/aromatic N) is 1. The van der Waals surface area contributed by atoms with Crippen molar-refractivity contribution < 1.29 is 19.4 Å². The number of hydrogen-bond donors (Lipinski definition) is 1. The molecule has 5 nitrogen and oxygen atoms in total. The van der Waals surface area contributed by atoms with Gasteiger partial charge in [-0.25, -0.2) is 0 Å². The summed E-state index contributed by atoms with van der Waals surface area (Å²) in [4.78, 5) is 14.6. The largest absolute Gasteiger partial charge is 0.508 e. The summed E-state index contributed by atoms with van der Waals surface area (Å²) < 4.78 is 10.6. The number of amides is 1. The van der Waals surface area contributed by atoms with Gasteiger partial charge in [-0.15, -0.1) is 0 Å². The Labute approximate surface area is 140 Å². The van der Waals surface area contributed by atoms with E-state index in [1.54, 1.807) is 30.3 Å². The molecule has 0 spiro atoms. The highest BCUT2D eigenvalue weighted by molar-refractivity contribution is 5.95. The van der Waals surface area contributed by atoms with Gasteiger partial charge < -0.3 is 19.5 Å². The Balaban J connectivity index is 1.42. The summed E-state index contributed by atoms with van der Waals surface area (Å²) in [6, 6.07) is 12.7. The molecule has 1 fully saturated rings. The lowest BCUT2D eigenvalue weighted by atomic mass is 9.89. The van der Waals surface area contributed by atoms with Crippen LogP contribution in [0.1, 0.15) is 34.7 Å². The summed E-state index contributed by atoms with van der Waals surface area (Å²) in [6.45, 7) is 1.68. The van der Waals surface area contributed by atoms with Crippen molar-refractivity contribution >= 4 is 5.91 Å². The number of piperidine rings is 1. The number of aromatic hydroxyl groups is 1. The topological polar surface area (TPSA) is 59.0 Å². The number of phenolic OH excluding ortho intramolecular Hbond substituents is 1.